The van der Waals surface area contributed by atoms with Crippen LogP contribution in [0.1, 0.15) is 30.0 Å². The number of oxime groups is 1. The fraction of sp³-hybridized carbons (Fsp3) is 0.261. The molecule has 0 spiro atoms. The molecule has 1 heterocycles. The van der Waals surface area contributed by atoms with Gasteiger partial charge in [-0.1, -0.05) is 46.6 Å². The minimum atomic E-state index is -0.586. The summed E-state index contributed by atoms with van der Waals surface area (Å²) in [7, 11) is 0. The number of aryl methyl sites for hydroxylation is 1. The molecule has 4 N–H and O–H groups in total. The first-order valence-corrected chi connectivity index (χ1v) is 11.0. The Kier molecular flexibility index (Phi) is 8.10. The first kappa shape index (κ1) is 23.6. The van der Waals surface area contributed by atoms with E-state index in [0.717, 1.165) is 35.2 Å². The molecule has 0 saturated heterocycles. The Morgan fingerprint density at radius 1 is 1.09 bits per heavy atom. The maximum atomic E-state index is 14.0. The highest BCUT2D eigenvalue weighted by Gasteiger charge is 2.11. The van der Waals surface area contributed by atoms with Gasteiger partial charge in [-0.25, -0.2) is 18.7 Å². The number of nitrogens with two attached hydrogens (primary N) is 1. The van der Waals surface area contributed by atoms with Crippen LogP contribution in [0.4, 0.5) is 14.6 Å². The smallest absolute Gasteiger partial charge is 0.143 e. The van der Waals surface area contributed by atoms with Crippen LogP contribution in [0.2, 0.25) is 0 Å². The second-order valence-corrected chi connectivity index (χ2v) is 8.23. The van der Waals surface area contributed by atoms with Crippen molar-refractivity contribution >= 4 is 27.6 Å². The lowest BCUT2D eigenvalue weighted by molar-refractivity contribution is 0.317. The van der Waals surface area contributed by atoms with E-state index in [1.807, 2.05) is 18.2 Å². The van der Waals surface area contributed by atoms with Gasteiger partial charge in [0.15, 0.2) is 0 Å². The van der Waals surface area contributed by atoms with Gasteiger partial charge in [0, 0.05) is 34.6 Å². The molecule has 0 aliphatic rings. The van der Waals surface area contributed by atoms with Crippen LogP contribution in [0.25, 0.3) is 11.3 Å². The number of hydrogen-bond acceptors (Lipinski definition) is 5. The molecule has 32 heavy (non-hydrogen) atoms. The average Bonchev–Trinajstić information content (AvgIpc) is 2.77. The number of nitrogens with zero attached hydrogens (tertiary/aromatic N) is 3. The van der Waals surface area contributed by atoms with Gasteiger partial charge in [-0.15, -0.1) is 0 Å². The normalized spacial score (nSPS) is 11.6. The van der Waals surface area contributed by atoms with Crippen LogP contribution in [-0.2, 0) is 19.3 Å². The Hall–Kier alpha value is -3.07. The van der Waals surface area contributed by atoms with Gasteiger partial charge < -0.3 is 16.3 Å². The molecule has 0 fully saturated rings. The minimum Gasteiger partial charge on any atom is -0.409 e. The topological polar surface area (TPSA) is 96.4 Å². The molecule has 0 unspecified atom stereocenters. The van der Waals surface area contributed by atoms with Crippen LogP contribution in [0.5, 0.6) is 0 Å². The lowest BCUT2D eigenvalue weighted by Gasteiger charge is -2.12. The number of anilines is 1. The number of benzene rings is 2. The average molecular weight is 504 g/mol. The van der Waals surface area contributed by atoms with Crippen LogP contribution >= 0.6 is 15.9 Å². The zero-order chi connectivity index (χ0) is 23.1. The van der Waals surface area contributed by atoms with Gasteiger partial charge in [-0.3, -0.25) is 0 Å². The molecule has 6 nitrogen and oxygen atoms in total. The lowest BCUT2D eigenvalue weighted by Crippen LogP contribution is -2.15. The molecule has 168 valence electrons. The molecular formula is C23H24BrF2N5O. The van der Waals surface area contributed by atoms with Gasteiger partial charge in [0.1, 0.15) is 29.6 Å². The van der Waals surface area contributed by atoms with Crippen LogP contribution in [0, 0.1) is 11.6 Å². The third-order valence-electron chi connectivity index (χ3n) is 4.98. The summed E-state index contributed by atoms with van der Waals surface area (Å²) in [6.07, 6.45) is 3.79. The summed E-state index contributed by atoms with van der Waals surface area (Å²) in [4.78, 5) is 8.56. The molecule has 0 bridgehead atoms. The number of hydrogen-bond donors (Lipinski definition) is 3. The van der Waals surface area contributed by atoms with Crippen molar-refractivity contribution in [2.45, 2.75) is 32.6 Å². The summed E-state index contributed by atoms with van der Waals surface area (Å²) in [6, 6.07) is 10.2. The van der Waals surface area contributed by atoms with Gasteiger partial charge in [-0.05, 0) is 42.2 Å². The van der Waals surface area contributed by atoms with Crippen molar-refractivity contribution in [2.24, 2.45) is 10.9 Å². The molecule has 1 aromatic heterocycles. The van der Waals surface area contributed by atoms with Crippen LogP contribution in [0.15, 0.2) is 52.4 Å². The number of nitrogens with one attached hydrogen (secondary N) is 1. The van der Waals surface area contributed by atoms with Crippen LogP contribution in [0.3, 0.4) is 0 Å². The Bertz CT molecular complexity index is 1100. The first-order valence-electron chi connectivity index (χ1n) is 10.2. The zero-order valence-corrected chi connectivity index (χ0v) is 19.2. The summed E-state index contributed by atoms with van der Waals surface area (Å²) < 4.78 is 28.4. The van der Waals surface area contributed by atoms with E-state index in [2.05, 4.69) is 43.3 Å². The van der Waals surface area contributed by atoms with E-state index in [0.29, 0.717) is 23.3 Å². The first-order chi connectivity index (χ1) is 15.4. The van der Waals surface area contributed by atoms with E-state index in [4.69, 9.17) is 10.9 Å². The molecule has 0 aliphatic heterocycles. The molecule has 9 heteroatoms. The monoisotopic (exact) mass is 503 g/mol. The van der Waals surface area contributed by atoms with Crippen LogP contribution in [-0.4, -0.2) is 27.6 Å². The second kappa shape index (κ2) is 11.0. The third-order valence-corrected chi connectivity index (χ3v) is 5.43. The van der Waals surface area contributed by atoms with Gasteiger partial charge in [-0.2, -0.15) is 0 Å². The van der Waals surface area contributed by atoms with E-state index in [1.165, 1.54) is 18.5 Å². The Labute approximate surface area is 193 Å². The molecule has 0 radical (unpaired) electrons. The van der Waals surface area contributed by atoms with Gasteiger partial charge in [0.05, 0.1) is 5.69 Å². The maximum Gasteiger partial charge on any atom is 0.143 e. The van der Waals surface area contributed by atoms with Crippen molar-refractivity contribution in [1.29, 1.82) is 0 Å². The summed E-state index contributed by atoms with van der Waals surface area (Å²) in [5, 5.41) is 15.0. The van der Waals surface area contributed by atoms with E-state index in [1.54, 1.807) is 6.07 Å². The number of halogens is 3. The van der Waals surface area contributed by atoms with Crippen molar-refractivity contribution < 1.29 is 14.0 Å². The highest BCUT2D eigenvalue weighted by molar-refractivity contribution is 9.10. The molecule has 3 rings (SSSR count). The Balaban J connectivity index is 1.75. The van der Waals surface area contributed by atoms with Crippen molar-refractivity contribution in [3.8, 4) is 11.3 Å². The predicted octanol–water partition coefficient (Wildman–Crippen LogP) is 5.08. The molecule has 3 aromatic rings. The fourth-order valence-corrected chi connectivity index (χ4v) is 3.83. The van der Waals surface area contributed by atoms with E-state index in [9.17, 15) is 8.78 Å². The summed E-state index contributed by atoms with van der Waals surface area (Å²) in [5.41, 5.74) is 9.43. The van der Waals surface area contributed by atoms with E-state index < -0.39 is 11.6 Å². The van der Waals surface area contributed by atoms with Gasteiger partial charge >= 0.3 is 0 Å². The molecular weight excluding hydrogens is 480 g/mol. The lowest BCUT2D eigenvalue weighted by atomic mass is 9.96. The molecule has 0 saturated carbocycles. The predicted molar refractivity (Wildman–Crippen MR) is 125 cm³/mol. The molecule has 0 aliphatic carbocycles. The standard InChI is InChI=1S/C23H24BrF2N5O/c1-2-3-14-8-16(5-4-15(14)9-22(27)31-32)21-12-23(30-13-29-21)28-7-6-18-19(25)10-17(24)11-20(18)26/h4-5,8,10-13,32H,2-3,6-7,9H2,1H3,(H2,27,31)(H,28,29,30). The van der Waals surface area contributed by atoms with E-state index >= 15 is 0 Å². The Morgan fingerprint density at radius 3 is 2.53 bits per heavy atom. The summed E-state index contributed by atoms with van der Waals surface area (Å²) >= 11 is 3.08. The fourth-order valence-electron chi connectivity index (χ4n) is 3.43. The van der Waals surface area contributed by atoms with Gasteiger partial charge in [0.2, 0.25) is 0 Å². The third kappa shape index (κ3) is 6.00. The minimum absolute atomic E-state index is 0.0282. The zero-order valence-electron chi connectivity index (χ0n) is 17.6. The largest absolute Gasteiger partial charge is 0.409 e. The number of amidine groups is 1. The summed E-state index contributed by atoms with van der Waals surface area (Å²) in [5.74, 6) is -0.456. The van der Waals surface area contributed by atoms with Crippen LogP contribution < -0.4 is 11.1 Å². The molecule has 2 aromatic carbocycles. The number of aromatic nitrogens is 2. The van der Waals surface area contributed by atoms with Crippen molar-refractivity contribution in [1.82, 2.24) is 9.97 Å². The van der Waals surface area contributed by atoms with Crippen molar-refractivity contribution in [2.75, 3.05) is 11.9 Å². The number of rotatable bonds is 9. The second-order valence-electron chi connectivity index (χ2n) is 7.31. The SMILES string of the molecule is CCCc1cc(-c2cc(NCCc3c(F)cc(Br)cc3F)ncn2)ccc1CC(N)=NO. The summed E-state index contributed by atoms with van der Waals surface area (Å²) in [6.45, 7) is 2.40. The highest BCUT2D eigenvalue weighted by atomic mass is 79.9. The van der Waals surface area contributed by atoms with Crippen molar-refractivity contribution in [3.05, 3.63) is 75.5 Å². The van der Waals surface area contributed by atoms with Gasteiger partial charge in [0.25, 0.3) is 0 Å². The molecule has 0 amide bonds. The highest BCUT2D eigenvalue weighted by Crippen LogP contribution is 2.24. The quantitative estimate of drug-likeness (QED) is 0.164. The van der Waals surface area contributed by atoms with Crippen molar-refractivity contribution in [3.63, 3.8) is 0 Å². The molecule has 0 atom stereocenters. The maximum absolute atomic E-state index is 14.0. The Morgan fingerprint density at radius 2 is 1.84 bits per heavy atom. The van der Waals surface area contributed by atoms with E-state index in [-0.39, 0.29) is 17.8 Å².